The molecule has 2 aromatic rings. The second-order valence-electron chi connectivity index (χ2n) is 11.5. The zero-order valence-corrected chi connectivity index (χ0v) is 22.8. The normalized spacial score (nSPS) is 22.8. The molecule has 0 amide bonds. The smallest absolute Gasteiger partial charge is 0.398 e. The van der Waals surface area contributed by atoms with Crippen molar-refractivity contribution in [1.82, 2.24) is 20.5 Å². The predicted octanol–water partition coefficient (Wildman–Crippen LogP) is 5.36. The highest BCUT2D eigenvalue weighted by atomic mass is 19.4. The van der Waals surface area contributed by atoms with E-state index in [2.05, 4.69) is 52.7 Å². The van der Waals surface area contributed by atoms with Crippen LogP contribution >= 0.6 is 0 Å². The van der Waals surface area contributed by atoms with Crippen molar-refractivity contribution < 1.29 is 13.2 Å². The van der Waals surface area contributed by atoms with E-state index in [0.717, 1.165) is 60.2 Å². The number of nitrogen functional groups attached to an aromatic ring is 1. The molecule has 2 unspecified atom stereocenters. The molecule has 1 aromatic heterocycles. The van der Waals surface area contributed by atoms with Gasteiger partial charge in [0.1, 0.15) is 18.3 Å². The van der Waals surface area contributed by atoms with Gasteiger partial charge >= 0.3 is 6.18 Å². The van der Waals surface area contributed by atoms with Crippen LogP contribution in [0.25, 0.3) is 0 Å². The van der Waals surface area contributed by atoms with E-state index in [0.29, 0.717) is 13.0 Å². The Morgan fingerprint density at radius 2 is 1.79 bits per heavy atom. The van der Waals surface area contributed by atoms with E-state index in [1.807, 2.05) is 18.2 Å². The number of benzene rings is 1. The first kappa shape index (κ1) is 27.3. The van der Waals surface area contributed by atoms with Crippen molar-refractivity contribution in [2.24, 2.45) is 0 Å². The number of allylic oxidation sites excluding steroid dienone is 1. The molecule has 0 saturated carbocycles. The molecule has 1 saturated heterocycles. The molecule has 3 aliphatic heterocycles. The van der Waals surface area contributed by atoms with Crippen LogP contribution in [0.1, 0.15) is 57.6 Å². The zero-order valence-electron chi connectivity index (χ0n) is 22.8. The molecule has 5 rings (SSSR count). The third-order valence-electron chi connectivity index (χ3n) is 7.64. The number of rotatable bonds is 4. The first-order valence-corrected chi connectivity index (χ1v) is 13.6. The summed E-state index contributed by atoms with van der Waals surface area (Å²) in [6, 6.07) is 8.46. The Morgan fingerprint density at radius 3 is 2.49 bits per heavy atom. The van der Waals surface area contributed by atoms with Crippen molar-refractivity contribution in [3.8, 4) is 0 Å². The minimum Gasteiger partial charge on any atom is -0.398 e. The third-order valence-corrected chi connectivity index (χ3v) is 7.64. The average molecular weight is 542 g/mol. The molecular weight excluding hydrogens is 503 g/mol. The summed E-state index contributed by atoms with van der Waals surface area (Å²) >= 11 is 0. The summed E-state index contributed by atoms with van der Waals surface area (Å²) in [5, 5.41) is 10.9. The minimum absolute atomic E-state index is 0.0685. The third kappa shape index (κ3) is 6.01. The maximum Gasteiger partial charge on any atom is 0.419 e. The number of hydrogen-bond acceptors (Lipinski definition) is 7. The highest BCUT2D eigenvalue weighted by Gasteiger charge is 2.37. The molecule has 7 nitrogen and oxygen atoms in total. The van der Waals surface area contributed by atoms with Gasteiger partial charge in [0, 0.05) is 49.1 Å². The van der Waals surface area contributed by atoms with Crippen LogP contribution in [0.15, 0.2) is 60.1 Å². The number of piperidine rings is 1. The lowest BCUT2D eigenvalue weighted by atomic mass is 9.86. The van der Waals surface area contributed by atoms with Gasteiger partial charge in [-0.1, -0.05) is 33.3 Å². The molecule has 0 radical (unpaired) electrons. The number of nitrogens with zero attached hydrogens (tertiary/aromatic N) is 3. The van der Waals surface area contributed by atoms with Crippen LogP contribution < -0.4 is 26.6 Å². The van der Waals surface area contributed by atoms with E-state index >= 15 is 0 Å². The number of aromatic nitrogens is 1. The van der Waals surface area contributed by atoms with E-state index in [-0.39, 0.29) is 23.7 Å². The maximum absolute atomic E-state index is 13.7. The number of nitrogens with two attached hydrogens (primary N) is 1. The number of pyridine rings is 1. The Labute approximate surface area is 228 Å². The van der Waals surface area contributed by atoms with Gasteiger partial charge in [-0.05, 0) is 66.2 Å². The summed E-state index contributed by atoms with van der Waals surface area (Å²) in [5.74, 6) is -0.0864. The Morgan fingerprint density at radius 1 is 1.03 bits per heavy atom. The van der Waals surface area contributed by atoms with Crippen LogP contribution in [0.4, 0.5) is 30.4 Å². The molecule has 5 N–H and O–H groups in total. The van der Waals surface area contributed by atoms with Gasteiger partial charge in [0.2, 0.25) is 0 Å². The Kier molecular flexibility index (Phi) is 7.52. The number of hydrogen-bond donors (Lipinski definition) is 4. The Hall–Kier alpha value is -3.24. The van der Waals surface area contributed by atoms with Crippen molar-refractivity contribution in [2.45, 2.75) is 70.5 Å². The van der Waals surface area contributed by atoms with Crippen molar-refractivity contribution in [3.63, 3.8) is 0 Å². The van der Waals surface area contributed by atoms with E-state index in [4.69, 9.17) is 5.73 Å². The molecule has 1 aromatic carbocycles. The second-order valence-corrected chi connectivity index (χ2v) is 11.5. The molecule has 2 atom stereocenters. The lowest BCUT2D eigenvalue weighted by Gasteiger charge is -2.43. The van der Waals surface area contributed by atoms with Gasteiger partial charge in [-0.3, -0.25) is 10.2 Å². The van der Waals surface area contributed by atoms with Crippen LogP contribution in [-0.4, -0.2) is 42.0 Å². The fraction of sp³-hybridized carbons (Fsp3) is 0.483. The van der Waals surface area contributed by atoms with Crippen LogP contribution in [-0.2, 0) is 11.6 Å². The molecule has 0 spiro atoms. The van der Waals surface area contributed by atoms with Gasteiger partial charge < -0.3 is 21.3 Å². The van der Waals surface area contributed by atoms with Gasteiger partial charge in [-0.25, -0.2) is 4.98 Å². The Bertz CT molecular complexity index is 1240. The van der Waals surface area contributed by atoms with E-state index < -0.39 is 11.7 Å². The van der Waals surface area contributed by atoms with Crippen LogP contribution in [0.5, 0.6) is 0 Å². The summed E-state index contributed by atoms with van der Waals surface area (Å²) < 4.78 is 41.2. The topological polar surface area (TPSA) is 81.5 Å². The largest absolute Gasteiger partial charge is 0.419 e. The molecule has 210 valence electrons. The lowest BCUT2D eigenvalue weighted by Crippen LogP contribution is -2.63. The number of nitrogens with one attached hydrogen (secondary N) is 3. The standard InChI is InChI=1S/C29H38F3N7/c1-28(2,3)21-10-9-19(18-23(21)33)35-25-20-11-16-38(26-22(29(30,31)32)8-7-13-34-26)17-12-24(20)36-27(37-25)39-14-5-4-6-15-39/h7-10,12-13,17-18,25,27,35-37H,4-6,11,14-16,33H2,1-3H3. The van der Waals surface area contributed by atoms with Crippen molar-refractivity contribution in [3.05, 3.63) is 71.2 Å². The number of likely N-dealkylation sites (tertiary alicyclic amines) is 1. The van der Waals surface area contributed by atoms with Crippen molar-refractivity contribution >= 4 is 17.2 Å². The highest BCUT2D eigenvalue weighted by molar-refractivity contribution is 5.62. The summed E-state index contributed by atoms with van der Waals surface area (Å²) in [5.41, 5.74) is 10.3. The molecular formula is C29H38F3N7. The molecule has 0 bridgehead atoms. The SMILES string of the molecule is CC(C)(C)c1ccc(NC2NC(N3CCCCC3)NC3=C2CCN(c2ncccc2C(F)(F)F)C=C3)cc1N. The van der Waals surface area contributed by atoms with Crippen LogP contribution in [0.2, 0.25) is 0 Å². The van der Waals surface area contributed by atoms with E-state index in [9.17, 15) is 13.2 Å². The number of halogens is 3. The molecule has 4 heterocycles. The van der Waals surface area contributed by atoms with Gasteiger partial charge in [0.15, 0.2) is 0 Å². The molecule has 10 heteroatoms. The second kappa shape index (κ2) is 10.7. The monoisotopic (exact) mass is 541 g/mol. The molecule has 1 fully saturated rings. The van der Waals surface area contributed by atoms with Crippen molar-refractivity contribution in [2.75, 3.05) is 35.6 Å². The van der Waals surface area contributed by atoms with Crippen molar-refractivity contribution in [1.29, 1.82) is 0 Å². The summed E-state index contributed by atoms with van der Waals surface area (Å²) in [6.45, 7) is 8.72. The van der Waals surface area contributed by atoms with Gasteiger partial charge in [0.25, 0.3) is 0 Å². The fourth-order valence-electron chi connectivity index (χ4n) is 5.64. The molecule has 39 heavy (non-hydrogen) atoms. The van der Waals surface area contributed by atoms with E-state index in [1.54, 1.807) is 11.1 Å². The zero-order chi connectivity index (χ0) is 27.8. The maximum atomic E-state index is 13.7. The first-order chi connectivity index (χ1) is 18.5. The molecule has 3 aliphatic rings. The van der Waals surface area contributed by atoms with Gasteiger partial charge in [-0.15, -0.1) is 0 Å². The fourth-order valence-corrected chi connectivity index (χ4v) is 5.64. The van der Waals surface area contributed by atoms with Gasteiger partial charge in [0.05, 0.1) is 5.56 Å². The van der Waals surface area contributed by atoms with Crippen LogP contribution in [0.3, 0.4) is 0 Å². The molecule has 0 aliphatic carbocycles. The lowest BCUT2D eigenvalue weighted by molar-refractivity contribution is -0.137. The minimum atomic E-state index is -4.49. The highest BCUT2D eigenvalue weighted by Crippen LogP contribution is 2.37. The average Bonchev–Trinajstić information content (AvgIpc) is 3.11. The summed E-state index contributed by atoms with van der Waals surface area (Å²) in [7, 11) is 0. The summed E-state index contributed by atoms with van der Waals surface area (Å²) in [4.78, 5) is 8.08. The Balaban J connectivity index is 1.44. The van der Waals surface area contributed by atoms with Gasteiger partial charge in [-0.2, -0.15) is 13.2 Å². The van der Waals surface area contributed by atoms with Crippen LogP contribution in [0, 0.1) is 0 Å². The predicted molar refractivity (Wildman–Crippen MR) is 150 cm³/mol. The summed E-state index contributed by atoms with van der Waals surface area (Å²) in [6.07, 6.45) is 4.19. The van der Waals surface area contributed by atoms with E-state index in [1.165, 1.54) is 18.7 Å². The number of alkyl halides is 3. The number of anilines is 3. The quantitative estimate of drug-likeness (QED) is 0.388. The first-order valence-electron chi connectivity index (χ1n) is 13.6.